The SMILES string of the molecule is CC(C)(C)c1ccc(S(=O)(=O)NCc2ccc(C(=O)NNC(=O)c3ccccc3)cc2)cc1. The van der Waals surface area contributed by atoms with Gasteiger partial charge in [0, 0.05) is 17.7 Å². The smallest absolute Gasteiger partial charge is 0.267 e. The first-order valence-corrected chi connectivity index (χ1v) is 11.9. The summed E-state index contributed by atoms with van der Waals surface area (Å²) in [4.78, 5) is 24.5. The third kappa shape index (κ3) is 6.50. The van der Waals surface area contributed by atoms with Crippen LogP contribution in [0.3, 0.4) is 0 Å². The van der Waals surface area contributed by atoms with Crippen LogP contribution in [0, 0.1) is 0 Å². The van der Waals surface area contributed by atoms with Crippen LogP contribution in [-0.2, 0) is 22.0 Å². The van der Waals surface area contributed by atoms with Gasteiger partial charge in [0.2, 0.25) is 10.0 Å². The monoisotopic (exact) mass is 465 g/mol. The summed E-state index contributed by atoms with van der Waals surface area (Å²) in [5.74, 6) is -0.907. The first kappa shape index (κ1) is 24.2. The highest BCUT2D eigenvalue weighted by molar-refractivity contribution is 7.89. The summed E-state index contributed by atoms with van der Waals surface area (Å²) in [6, 6.07) is 21.8. The van der Waals surface area contributed by atoms with Crippen molar-refractivity contribution in [2.24, 2.45) is 0 Å². The molecule has 0 aliphatic carbocycles. The molecule has 0 atom stereocenters. The molecular weight excluding hydrogens is 438 g/mol. The highest BCUT2D eigenvalue weighted by Crippen LogP contribution is 2.23. The van der Waals surface area contributed by atoms with Crippen molar-refractivity contribution in [3.8, 4) is 0 Å². The van der Waals surface area contributed by atoms with Gasteiger partial charge in [0.25, 0.3) is 11.8 Å². The fourth-order valence-corrected chi connectivity index (χ4v) is 4.03. The molecule has 3 N–H and O–H groups in total. The van der Waals surface area contributed by atoms with Crippen LogP contribution in [0.4, 0.5) is 0 Å². The highest BCUT2D eigenvalue weighted by Gasteiger charge is 2.17. The van der Waals surface area contributed by atoms with Crippen molar-refractivity contribution >= 4 is 21.8 Å². The molecule has 0 fully saturated rings. The van der Waals surface area contributed by atoms with E-state index in [4.69, 9.17) is 0 Å². The minimum atomic E-state index is -3.67. The number of hydrogen-bond acceptors (Lipinski definition) is 4. The molecule has 2 amide bonds. The fraction of sp³-hybridized carbons (Fsp3) is 0.200. The lowest BCUT2D eigenvalue weighted by atomic mass is 9.87. The minimum absolute atomic E-state index is 0.0614. The second kappa shape index (κ2) is 9.97. The highest BCUT2D eigenvalue weighted by atomic mass is 32.2. The molecule has 0 saturated heterocycles. The molecule has 0 heterocycles. The number of carbonyl (C=O) groups excluding carboxylic acids is 2. The van der Waals surface area contributed by atoms with E-state index in [1.54, 1.807) is 66.7 Å². The normalized spacial score (nSPS) is 11.6. The Bertz CT molecular complexity index is 1220. The van der Waals surface area contributed by atoms with E-state index in [1.807, 2.05) is 12.1 Å². The summed E-state index contributed by atoms with van der Waals surface area (Å²) in [5.41, 5.74) is 7.15. The van der Waals surface area contributed by atoms with Gasteiger partial charge in [0.1, 0.15) is 0 Å². The third-order valence-corrected chi connectivity index (χ3v) is 6.46. The molecule has 0 radical (unpaired) electrons. The molecule has 172 valence electrons. The van der Waals surface area contributed by atoms with Crippen LogP contribution in [0.5, 0.6) is 0 Å². The average Bonchev–Trinajstić information content (AvgIpc) is 2.81. The summed E-state index contributed by atoms with van der Waals surface area (Å²) in [6.07, 6.45) is 0. The number of nitrogens with one attached hydrogen (secondary N) is 3. The molecule has 3 rings (SSSR count). The molecule has 0 aliphatic rings. The summed E-state index contributed by atoms with van der Waals surface area (Å²) in [5, 5.41) is 0. The van der Waals surface area contributed by atoms with Crippen LogP contribution in [0.2, 0.25) is 0 Å². The van der Waals surface area contributed by atoms with Crippen LogP contribution < -0.4 is 15.6 Å². The number of hydrogen-bond donors (Lipinski definition) is 3. The Labute approximate surface area is 194 Å². The molecular formula is C25H27N3O4S. The lowest BCUT2D eigenvalue weighted by molar-refractivity contribution is 0.0846. The van der Waals surface area contributed by atoms with Crippen molar-refractivity contribution < 1.29 is 18.0 Å². The van der Waals surface area contributed by atoms with Crippen LogP contribution >= 0.6 is 0 Å². The van der Waals surface area contributed by atoms with E-state index >= 15 is 0 Å². The van der Waals surface area contributed by atoms with Gasteiger partial charge in [-0.3, -0.25) is 20.4 Å². The van der Waals surface area contributed by atoms with Gasteiger partial charge in [-0.1, -0.05) is 63.2 Å². The lowest BCUT2D eigenvalue weighted by Gasteiger charge is -2.19. The van der Waals surface area contributed by atoms with E-state index in [9.17, 15) is 18.0 Å². The van der Waals surface area contributed by atoms with E-state index in [0.717, 1.165) is 5.56 Å². The molecule has 8 heteroatoms. The maximum absolute atomic E-state index is 12.6. The molecule has 0 unspecified atom stereocenters. The minimum Gasteiger partial charge on any atom is -0.267 e. The van der Waals surface area contributed by atoms with Gasteiger partial charge in [-0.2, -0.15) is 0 Å². The Kier molecular flexibility index (Phi) is 7.30. The molecule has 3 aromatic carbocycles. The molecule has 0 saturated carbocycles. The Balaban J connectivity index is 1.55. The van der Waals surface area contributed by atoms with Crippen molar-refractivity contribution in [1.82, 2.24) is 15.6 Å². The van der Waals surface area contributed by atoms with E-state index < -0.39 is 21.8 Å². The Hall–Kier alpha value is -3.49. The van der Waals surface area contributed by atoms with Crippen LogP contribution in [0.25, 0.3) is 0 Å². The zero-order valence-electron chi connectivity index (χ0n) is 18.8. The van der Waals surface area contributed by atoms with E-state index in [-0.39, 0.29) is 16.9 Å². The van der Waals surface area contributed by atoms with Crippen LogP contribution in [0.1, 0.15) is 52.6 Å². The predicted molar refractivity (Wildman–Crippen MR) is 127 cm³/mol. The van der Waals surface area contributed by atoms with Crippen molar-refractivity contribution in [3.05, 3.63) is 101 Å². The third-order valence-electron chi connectivity index (χ3n) is 5.04. The van der Waals surface area contributed by atoms with E-state index in [2.05, 4.69) is 36.3 Å². The molecule has 7 nitrogen and oxygen atoms in total. The molecule has 33 heavy (non-hydrogen) atoms. The largest absolute Gasteiger partial charge is 0.269 e. The van der Waals surface area contributed by atoms with Gasteiger partial charge >= 0.3 is 0 Å². The van der Waals surface area contributed by atoms with Gasteiger partial charge in [-0.15, -0.1) is 0 Å². The first-order chi connectivity index (χ1) is 15.6. The number of benzene rings is 3. The quantitative estimate of drug-likeness (QED) is 0.484. The standard InChI is InChI=1S/C25H27N3O4S/c1-25(2,3)21-13-15-22(16-14-21)33(31,32)26-17-18-9-11-20(12-10-18)24(30)28-27-23(29)19-7-5-4-6-8-19/h4-16,26H,17H2,1-3H3,(H,27,29)(H,28,30). The number of amides is 2. The molecule has 0 bridgehead atoms. The average molecular weight is 466 g/mol. The number of hydrazine groups is 1. The molecule has 0 spiro atoms. The maximum Gasteiger partial charge on any atom is 0.269 e. The second-order valence-corrected chi connectivity index (χ2v) is 10.3. The van der Waals surface area contributed by atoms with Crippen molar-refractivity contribution in [1.29, 1.82) is 0 Å². The predicted octanol–water partition coefficient (Wildman–Crippen LogP) is 3.54. The van der Waals surface area contributed by atoms with Crippen molar-refractivity contribution in [2.75, 3.05) is 0 Å². The molecule has 0 aromatic heterocycles. The fourth-order valence-electron chi connectivity index (χ4n) is 3.02. The van der Waals surface area contributed by atoms with E-state index in [0.29, 0.717) is 16.7 Å². The lowest BCUT2D eigenvalue weighted by Crippen LogP contribution is -2.41. The zero-order chi connectivity index (χ0) is 24.1. The van der Waals surface area contributed by atoms with Crippen LogP contribution in [0.15, 0.2) is 83.8 Å². The maximum atomic E-state index is 12.6. The number of rotatable bonds is 6. The Morgan fingerprint density at radius 3 is 1.76 bits per heavy atom. The summed E-state index contributed by atoms with van der Waals surface area (Å²) < 4.78 is 27.8. The van der Waals surface area contributed by atoms with Gasteiger partial charge in [-0.05, 0) is 52.9 Å². The van der Waals surface area contributed by atoms with Gasteiger partial charge in [0.15, 0.2) is 0 Å². The van der Waals surface area contributed by atoms with Gasteiger partial charge in [0.05, 0.1) is 4.90 Å². The van der Waals surface area contributed by atoms with Gasteiger partial charge < -0.3 is 0 Å². The van der Waals surface area contributed by atoms with E-state index in [1.165, 1.54) is 0 Å². The zero-order valence-corrected chi connectivity index (χ0v) is 19.6. The summed E-state index contributed by atoms with van der Waals surface area (Å²) in [7, 11) is -3.67. The van der Waals surface area contributed by atoms with Crippen LogP contribution in [-0.4, -0.2) is 20.2 Å². The Morgan fingerprint density at radius 1 is 0.727 bits per heavy atom. The first-order valence-electron chi connectivity index (χ1n) is 10.4. The second-order valence-electron chi connectivity index (χ2n) is 8.57. The summed E-state index contributed by atoms with van der Waals surface area (Å²) >= 11 is 0. The van der Waals surface area contributed by atoms with Crippen molar-refractivity contribution in [3.63, 3.8) is 0 Å². The molecule has 0 aliphatic heterocycles. The topological polar surface area (TPSA) is 104 Å². The van der Waals surface area contributed by atoms with Crippen molar-refractivity contribution in [2.45, 2.75) is 37.6 Å². The molecule has 3 aromatic rings. The Morgan fingerprint density at radius 2 is 1.24 bits per heavy atom. The summed E-state index contributed by atoms with van der Waals surface area (Å²) in [6.45, 7) is 6.28. The van der Waals surface area contributed by atoms with Gasteiger partial charge in [-0.25, -0.2) is 13.1 Å². The number of sulfonamides is 1. The number of carbonyl (C=O) groups is 2.